The number of imidazole rings is 1. The molecule has 4 aromatic rings. The molecule has 6 heteroatoms. The molecule has 0 unspecified atom stereocenters. The van der Waals surface area contributed by atoms with Crippen LogP contribution in [0.15, 0.2) is 41.4 Å². The highest BCUT2D eigenvalue weighted by Crippen LogP contribution is 2.39. The summed E-state index contributed by atoms with van der Waals surface area (Å²) in [6.45, 7) is 4.08. The molecule has 0 fully saturated rings. The number of thiophene rings is 1. The maximum atomic E-state index is 5.01. The number of hydrogen-bond acceptors (Lipinski definition) is 5. The standard InChI is InChI=1S/C21H20N4S2/c1-13-11-25(14(2)22-13)20-19-16-9-6-10-17(16)27-21(19)24-18(23-20)12-26-15-7-4-3-5-8-15/h3-5,7-8,11H,6,9-10,12H2,1-2H3. The Balaban J connectivity index is 1.62. The summed E-state index contributed by atoms with van der Waals surface area (Å²) in [5.41, 5.74) is 2.48. The Hall–Kier alpha value is -2.18. The number of nitrogens with zero attached hydrogens (tertiary/aromatic N) is 4. The summed E-state index contributed by atoms with van der Waals surface area (Å²) in [5, 5.41) is 1.24. The van der Waals surface area contributed by atoms with E-state index < -0.39 is 0 Å². The smallest absolute Gasteiger partial charge is 0.150 e. The van der Waals surface area contributed by atoms with Crippen LogP contribution >= 0.6 is 23.1 Å². The lowest BCUT2D eigenvalue weighted by atomic mass is 10.2. The van der Waals surface area contributed by atoms with Crippen LogP contribution < -0.4 is 0 Å². The zero-order chi connectivity index (χ0) is 18.4. The SMILES string of the molecule is Cc1cn(-c2nc(CSc3ccccc3)nc3sc4c(c23)CCC4)c(C)n1. The van der Waals surface area contributed by atoms with Crippen LogP contribution in [0.4, 0.5) is 0 Å². The first kappa shape index (κ1) is 17.0. The fourth-order valence-corrected chi connectivity index (χ4v) is 5.80. The Morgan fingerprint density at radius 1 is 1.07 bits per heavy atom. The largest absolute Gasteiger partial charge is 0.287 e. The Labute approximate surface area is 166 Å². The lowest BCUT2D eigenvalue weighted by Crippen LogP contribution is -2.04. The Kier molecular flexibility index (Phi) is 4.25. The number of thioether (sulfide) groups is 1. The summed E-state index contributed by atoms with van der Waals surface area (Å²) in [6, 6.07) is 10.4. The fourth-order valence-electron chi connectivity index (χ4n) is 3.76. The van der Waals surface area contributed by atoms with Gasteiger partial charge in [0.25, 0.3) is 0 Å². The number of aromatic nitrogens is 4. The van der Waals surface area contributed by atoms with Crippen LogP contribution in [0, 0.1) is 13.8 Å². The van der Waals surface area contributed by atoms with Crippen LogP contribution in [0.1, 0.15) is 34.2 Å². The molecule has 0 atom stereocenters. The zero-order valence-corrected chi connectivity index (χ0v) is 17.0. The van der Waals surface area contributed by atoms with Gasteiger partial charge < -0.3 is 0 Å². The summed E-state index contributed by atoms with van der Waals surface area (Å²) in [7, 11) is 0. The van der Waals surface area contributed by atoms with Gasteiger partial charge in [-0.1, -0.05) is 18.2 Å². The normalized spacial score (nSPS) is 13.4. The van der Waals surface area contributed by atoms with E-state index in [2.05, 4.69) is 40.0 Å². The third kappa shape index (κ3) is 3.07. The first-order chi connectivity index (χ1) is 13.2. The Bertz CT molecular complexity index is 1130. The van der Waals surface area contributed by atoms with Gasteiger partial charge in [-0.05, 0) is 50.8 Å². The average Bonchev–Trinajstić information content (AvgIpc) is 3.34. The topological polar surface area (TPSA) is 43.6 Å². The monoisotopic (exact) mass is 392 g/mol. The molecule has 0 radical (unpaired) electrons. The minimum absolute atomic E-state index is 0.766. The third-order valence-corrected chi connectivity index (χ3v) is 7.13. The summed E-state index contributed by atoms with van der Waals surface area (Å²) < 4.78 is 2.14. The van der Waals surface area contributed by atoms with E-state index >= 15 is 0 Å². The predicted octanol–water partition coefficient (Wildman–Crippen LogP) is 5.27. The van der Waals surface area contributed by atoms with Crippen LogP contribution in [0.3, 0.4) is 0 Å². The van der Waals surface area contributed by atoms with Gasteiger partial charge in [-0.2, -0.15) is 0 Å². The summed E-state index contributed by atoms with van der Waals surface area (Å²) in [4.78, 5) is 18.4. The zero-order valence-electron chi connectivity index (χ0n) is 15.4. The third-order valence-electron chi connectivity index (χ3n) is 4.93. The molecule has 0 spiro atoms. The number of hydrogen-bond donors (Lipinski definition) is 0. The minimum atomic E-state index is 0.766. The van der Waals surface area contributed by atoms with E-state index in [-0.39, 0.29) is 0 Å². The average molecular weight is 393 g/mol. The van der Waals surface area contributed by atoms with E-state index in [1.807, 2.05) is 31.3 Å². The van der Waals surface area contributed by atoms with Gasteiger partial charge in [0.15, 0.2) is 5.82 Å². The second-order valence-electron chi connectivity index (χ2n) is 6.90. The molecule has 1 aliphatic rings. The molecular formula is C21H20N4S2. The molecule has 0 amide bonds. The van der Waals surface area contributed by atoms with E-state index in [0.717, 1.165) is 40.2 Å². The van der Waals surface area contributed by atoms with Gasteiger partial charge in [-0.3, -0.25) is 4.57 Å². The van der Waals surface area contributed by atoms with Crippen molar-refractivity contribution >= 4 is 33.3 Å². The van der Waals surface area contributed by atoms with E-state index in [4.69, 9.17) is 9.97 Å². The number of aryl methyl sites for hydroxylation is 4. The summed E-state index contributed by atoms with van der Waals surface area (Å²) >= 11 is 3.63. The van der Waals surface area contributed by atoms with Crippen molar-refractivity contribution in [1.29, 1.82) is 0 Å². The van der Waals surface area contributed by atoms with Gasteiger partial charge in [-0.25, -0.2) is 15.0 Å². The number of rotatable bonds is 4. The van der Waals surface area contributed by atoms with E-state index in [9.17, 15) is 0 Å². The number of fused-ring (bicyclic) bond motifs is 3. The minimum Gasteiger partial charge on any atom is -0.287 e. The molecule has 4 nitrogen and oxygen atoms in total. The lowest BCUT2D eigenvalue weighted by molar-refractivity contribution is 0.902. The molecule has 27 heavy (non-hydrogen) atoms. The van der Waals surface area contributed by atoms with Gasteiger partial charge in [-0.15, -0.1) is 23.1 Å². The Morgan fingerprint density at radius 2 is 1.93 bits per heavy atom. The molecule has 0 saturated heterocycles. The molecule has 0 bridgehead atoms. The van der Waals surface area contributed by atoms with Crippen molar-refractivity contribution in [1.82, 2.24) is 19.5 Å². The van der Waals surface area contributed by atoms with E-state index in [1.54, 1.807) is 11.8 Å². The van der Waals surface area contributed by atoms with E-state index in [1.165, 1.54) is 33.6 Å². The molecule has 3 aromatic heterocycles. The molecule has 0 saturated carbocycles. The molecule has 5 rings (SSSR count). The van der Waals surface area contributed by atoms with Crippen molar-refractivity contribution in [3.63, 3.8) is 0 Å². The van der Waals surface area contributed by atoms with Crippen molar-refractivity contribution in [2.45, 2.75) is 43.8 Å². The van der Waals surface area contributed by atoms with Crippen LogP contribution in [0.5, 0.6) is 0 Å². The molecule has 0 N–H and O–H groups in total. The highest BCUT2D eigenvalue weighted by molar-refractivity contribution is 7.98. The molecule has 1 aromatic carbocycles. The van der Waals surface area contributed by atoms with Gasteiger partial charge in [0, 0.05) is 16.0 Å². The van der Waals surface area contributed by atoms with Crippen molar-refractivity contribution < 1.29 is 0 Å². The second kappa shape index (κ2) is 6.77. The lowest BCUT2D eigenvalue weighted by Gasteiger charge is -2.10. The maximum absolute atomic E-state index is 5.01. The first-order valence-electron chi connectivity index (χ1n) is 9.21. The maximum Gasteiger partial charge on any atom is 0.150 e. The first-order valence-corrected chi connectivity index (χ1v) is 11.0. The van der Waals surface area contributed by atoms with Crippen molar-refractivity contribution in [3.8, 4) is 5.82 Å². The molecular weight excluding hydrogens is 372 g/mol. The van der Waals surface area contributed by atoms with Gasteiger partial charge in [0.2, 0.25) is 0 Å². The van der Waals surface area contributed by atoms with Crippen molar-refractivity contribution in [2.75, 3.05) is 0 Å². The molecule has 3 heterocycles. The van der Waals surface area contributed by atoms with Crippen LogP contribution in [-0.2, 0) is 18.6 Å². The fraction of sp³-hybridized carbons (Fsp3) is 0.286. The van der Waals surface area contributed by atoms with Crippen LogP contribution in [0.2, 0.25) is 0 Å². The predicted molar refractivity (Wildman–Crippen MR) is 112 cm³/mol. The quantitative estimate of drug-likeness (QED) is 0.444. The number of benzene rings is 1. The molecule has 0 aliphatic heterocycles. The van der Waals surface area contributed by atoms with Crippen LogP contribution in [0.25, 0.3) is 16.0 Å². The van der Waals surface area contributed by atoms with Gasteiger partial charge in [0.1, 0.15) is 16.5 Å². The summed E-state index contributed by atoms with van der Waals surface area (Å²) in [5.74, 6) is 3.63. The van der Waals surface area contributed by atoms with Crippen molar-refractivity contribution in [2.24, 2.45) is 0 Å². The highest BCUT2D eigenvalue weighted by atomic mass is 32.2. The van der Waals surface area contributed by atoms with Gasteiger partial charge >= 0.3 is 0 Å². The molecule has 136 valence electrons. The van der Waals surface area contributed by atoms with Crippen LogP contribution in [-0.4, -0.2) is 19.5 Å². The summed E-state index contributed by atoms with van der Waals surface area (Å²) in [6.07, 6.45) is 5.64. The van der Waals surface area contributed by atoms with Gasteiger partial charge in [0.05, 0.1) is 16.8 Å². The van der Waals surface area contributed by atoms with Crippen molar-refractivity contribution in [3.05, 3.63) is 64.3 Å². The highest BCUT2D eigenvalue weighted by Gasteiger charge is 2.23. The Morgan fingerprint density at radius 3 is 2.70 bits per heavy atom. The molecule has 1 aliphatic carbocycles. The second-order valence-corrected chi connectivity index (χ2v) is 9.03. The van der Waals surface area contributed by atoms with E-state index in [0.29, 0.717) is 0 Å².